The van der Waals surface area contributed by atoms with E-state index in [-0.39, 0.29) is 5.91 Å². The van der Waals surface area contributed by atoms with Crippen LogP contribution in [0.2, 0.25) is 5.02 Å². The Morgan fingerprint density at radius 3 is 2.18 bits per heavy atom. The van der Waals surface area contributed by atoms with Crippen LogP contribution >= 0.6 is 11.6 Å². The molecule has 8 heteroatoms. The third-order valence-corrected chi connectivity index (χ3v) is 6.50. The zero-order valence-electron chi connectivity index (χ0n) is 18.9. The van der Waals surface area contributed by atoms with Crippen LogP contribution in [-0.4, -0.2) is 32.1 Å². The smallest absolute Gasteiger partial charge is 0.266 e. The summed E-state index contributed by atoms with van der Waals surface area (Å²) in [4.78, 5) is 34.6. The Morgan fingerprint density at radius 1 is 0.853 bits per heavy atom. The van der Waals surface area contributed by atoms with Gasteiger partial charge in [0.25, 0.3) is 5.91 Å². The fraction of sp³-hybridized carbons (Fsp3) is 0.231. The van der Waals surface area contributed by atoms with Gasteiger partial charge in [0.2, 0.25) is 5.91 Å². The molecular weight excluding hydrogens is 456 g/mol. The molecule has 3 aromatic carbocycles. The minimum absolute atomic E-state index is 0.321. The minimum atomic E-state index is -0.971. The third-order valence-electron chi connectivity index (χ3n) is 6.25. The SMILES string of the molecule is COc1ccc(C2C3C(=O)N(c4ccc(C)cc4)C(=O)C3ON2c2ccc(Cl)cc2)c(OC)c1. The molecule has 0 spiro atoms. The van der Waals surface area contributed by atoms with E-state index >= 15 is 0 Å². The fourth-order valence-electron chi connectivity index (χ4n) is 4.55. The lowest BCUT2D eigenvalue weighted by Gasteiger charge is -2.29. The molecule has 2 fully saturated rings. The van der Waals surface area contributed by atoms with Crippen molar-refractivity contribution in [3.05, 3.63) is 82.9 Å². The predicted octanol–water partition coefficient (Wildman–Crippen LogP) is 4.72. The summed E-state index contributed by atoms with van der Waals surface area (Å²) in [7, 11) is 3.13. The number of anilines is 2. The van der Waals surface area contributed by atoms with Crippen molar-refractivity contribution in [2.45, 2.75) is 19.1 Å². The molecule has 3 aromatic rings. The summed E-state index contributed by atoms with van der Waals surface area (Å²) in [6.45, 7) is 1.95. The molecule has 0 bridgehead atoms. The summed E-state index contributed by atoms with van der Waals surface area (Å²) in [6.07, 6.45) is -0.971. The number of hydrogen-bond acceptors (Lipinski definition) is 6. The van der Waals surface area contributed by atoms with E-state index in [1.165, 1.54) is 4.90 Å². The molecule has 2 amide bonds. The van der Waals surface area contributed by atoms with Crippen LogP contribution in [0.5, 0.6) is 11.5 Å². The summed E-state index contributed by atoms with van der Waals surface area (Å²) >= 11 is 6.08. The molecule has 0 aromatic heterocycles. The normalized spacial score (nSPS) is 21.7. The van der Waals surface area contributed by atoms with Crippen molar-refractivity contribution in [2.75, 3.05) is 24.2 Å². The van der Waals surface area contributed by atoms with Crippen molar-refractivity contribution in [3.8, 4) is 11.5 Å². The number of halogens is 1. The van der Waals surface area contributed by atoms with Crippen LogP contribution in [0.3, 0.4) is 0 Å². The molecule has 174 valence electrons. The summed E-state index contributed by atoms with van der Waals surface area (Å²) < 4.78 is 11.0. The molecule has 34 heavy (non-hydrogen) atoms. The Bertz CT molecular complexity index is 1250. The first-order valence-electron chi connectivity index (χ1n) is 10.8. The van der Waals surface area contributed by atoms with E-state index in [9.17, 15) is 9.59 Å². The van der Waals surface area contributed by atoms with Gasteiger partial charge in [-0.1, -0.05) is 29.3 Å². The van der Waals surface area contributed by atoms with Gasteiger partial charge in [-0.2, -0.15) is 0 Å². The Balaban J connectivity index is 1.62. The van der Waals surface area contributed by atoms with Crippen LogP contribution in [0.4, 0.5) is 11.4 Å². The fourth-order valence-corrected chi connectivity index (χ4v) is 4.68. The van der Waals surface area contributed by atoms with Gasteiger partial charge in [0.05, 0.1) is 31.6 Å². The highest BCUT2D eigenvalue weighted by Crippen LogP contribution is 2.50. The quantitative estimate of drug-likeness (QED) is 0.494. The zero-order chi connectivity index (χ0) is 24.0. The minimum Gasteiger partial charge on any atom is -0.497 e. The highest BCUT2D eigenvalue weighted by atomic mass is 35.5. The van der Waals surface area contributed by atoms with Crippen LogP contribution in [0, 0.1) is 12.8 Å². The first kappa shape index (κ1) is 22.3. The third kappa shape index (κ3) is 3.57. The first-order chi connectivity index (χ1) is 16.4. The molecule has 3 unspecified atom stereocenters. The van der Waals surface area contributed by atoms with Gasteiger partial charge in [-0.3, -0.25) is 14.4 Å². The summed E-state index contributed by atoms with van der Waals surface area (Å²) in [6, 6.07) is 19.1. The number of ether oxygens (including phenoxy) is 2. The largest absolute Gasteiger partial charge is 0.497 e. The van der Waals surface area contributed by atoms with Crippen molar-refractivity contribution in [1.29, 1.82) is 0 Å². The molecule has 0 N–H and O–H groups in total. The van der Waals surface area contributed by atoms with Crippen molar-refractivity contribution < 1.29 is 23.9 Å². The summed E-state index contributed by atoms with van der Waals surface area (Å²) in [5.41, 5.74) is 2.94. The molecule has 0 aliphatic carbocycles. The monoisotopic (exact) mass is 478 g/mol. The van der Waals surface area contributed by atoms with Gasteiger partial charge in [-0.15, -0.1) is 0 Å². The first-order valence-corrected chi connectivity index (χ1v) is 11.2. The number of hydroxylamine groups is 1. The maximum absolute atomic E-state index is 13.7. The van der Waals surface area contributed by atoms with E-state index in [1.54, 1.807) is 67.8 Å². The number of nitrogens with zero attached hydrogens (tertiary/aromatic N) is 2. The molecule has 2 aliphatic rings. The lowest BCUT2D eigenvalue weighted by Crippen LogP contribution is -2.37. The Hall–Kier alpha value is -3.55. The van der Waals surface area contributed by atoms with Crippen LogP contribution in [0.25, 0.3) is 0 Å². The number of aryl methyl sites for hydroxylation is 1. The highest BCUT2D eigenvalue weighted by molar-refractivity contribution is 6.30. The van der Waals surface area contributed by atoms with Crippen LogP contribution < -0.4 is 19.4 Å². The van der Waals surface area contributed by atoms with Crippen LogP contribution in [-0.2, 0) is 14.4 Å². The van der Waals surface area contributed by atoms with Crippen LogP contribution in [0.15, 0.2) is 66.7 Å². The second kappa shape index (κ2) is 8.66. The number of benzene rings is 3. The van der Waals surface area contributed by atoms with Gasteiger partial charge in [0, 0.05) is 16.7 Å². The molecule has 3 atom stereocenters. The van der Waals surface area contributed by atoms with E-state index in [0.717, 1.165) is 5.56 Å². The van der Waals surface area contributed by atoms with Crippen molar-refractivity contribution in [2.24, 2.45) is 5.92 Å². The van der Waals surface area contributed by atoms with Crippen molar-refractivity contribution >= 4 is 34.8 Å². The average Bonchev–Trinajstić information content (AvgIpc) is 3.35. The number of amides is 2. The Labute approximate surface area is 202 Å². The van der Waals surface area contributed by atoms with Gasteiger partial charge in [0.15, 0.2) is 6.10 Å². The van der Waals surface area contributed by atoms with Gasteiger partial charge in [-0.05, 0) is 55.5 Å². The van der Waals surface area contributed by atoms with Crippen molar-refractivity contribution in [1.82, 2.24) is 0 Å². The lowest BCUT2D eigenvalue weighted by molar-refractivity contribution is -0.126. The zero-order valence-corrected chi connectivity index (χ0v) is 19.7. The van der Waals surface area contributed by atoms with E-state index in [4.69, 9.17) is 25.9 Å². The molecule has 0 saturated carbocycles. The summed E-state index contributed by atoms with van der Waals surface area (Å²) in [5, 5.41) is 2.18. The maximum Gasteiger partial charge on any atom is 0.266 e. The molecule has 5 rings (SSSR count). The van der Waals surface area contributed by atoms with E-state index < -0.39 is 24.0 Å². The molecule has 2 saturated heterocycles. The van der Waals surface area contributed by atoms with Gasteiger partial charge >= 0.3 is 0 Å². The van der Waals surface area contributed by atoms with E-state index in [2.05, 4.69) is 0 Å². The van der Waals surface area contributed by atoms with E-state index in [0.29, 0.717) is 33.5 Å². The molecule has 0 radical (unpaired) electrons. The van der Waals surface area contributed by atoms with Gasteiger partial charge in [0.1, 0.15) is 17.4 Å². The average molecular weight is 479 g/mol. The maximum atomic E-state index is 13.7. The highest BCUT2D eigenvalue weighted by Gasteiger charge is 2.60. The number of imide groups is 1. The topological polar surface area (TPSA) is 68.3 Å². The molecule has 2 aliphatic heterocycles. The molecule has 2 heterocycles. The standard InChI is InChI=1S/C26H23ClN2O5/c1-15-4-8-17(9-5-15)28-25(30)22-23(20-13-12-19(32-2)14-21(20)33-3)29(34-24(22)26(28)31)18-10-6-16(27)7-11-18/h4-14,22-24H,1-3H3. The Kier molecular flexibility index (Phi) is 5.67. The second-order valence-corrected chi connectivity index (χ2v) is 8.69. The number of methoxy groups -OCH3 is 2. The van der Waals surface area contributed by atoms with E-state index in [1.807, 2.05) is 25.1 Å². The number of hydrogen-bond donors (Lipinski definition) is 0. The van der Waals surface area contributed by atoms with Gasteiger partial charge < -0.3 is 9.47 Å². The number of fused-ring (bicyclic) bond motifs is 1. The van der Waals surface area contributed by atoms with Gasteiger partial charge in [-0.25, -0.2) is 9.96 Å². The number of carbonyl (C=O) groups is 2. The Morgan fingerprint density at radius 2 is 1.53 bits per heavy atom. The number of carbonyl (C=O) groups excluding carboxylic acids is 2. The lowest BCUT2D eigenvalue weighted by atomic mass is 9.90. The predicted molar refractivity (Wildman–Crippen MR) is 128 cm³/mol. The van der Waals surface area contributed by atoms with Crippen LogP contribution in [0.1, 0.15) is 17.2 Å². The number of rotatable bonds is 5. The second-order valence-electron chi connectivity index (χ2n) is 8.25. The van der Waals surface area contributed by atoms with Crippen molar-refractivity contribution in [3.63, 3.8) is 0 Å². The molecule has 7 nitrogen and oxygen atoms in total. The molecular formula is C26H23ClN2O5. The summed E-state index contributed by atoms with van der Waals surface area (Å²) in [5.74, 6) is -0.344.